The van der Waals surface area contributed by atoms with E-state index >= 15 is 0 Å². The van der Waals surface area contributed by atoms with E-state index in [-0.39, 0.29) is 11.7 Å². The van der Waals surface area contributed by atoms with E-state index in [9.17, 15) is 8.78 Å². The van der Waals surface area contributed by atoms with Gasteiger partial charge in [0.15, 0.2) is 0 Å². The Balaban J connectivity index is 2.05. The fourth-order valence-electron chi connectivity index (χ4n) is 2.22. The molecular formula is C13H17F2N. The van der Waals surface area contributed by atoms with Crippen molar-refractivity contribution in [3.63, 3.8) is 0 Å². The topological polar surface area (TPSA) is 12.0 Å². The molecule has 0 aromatic heterocycles. The van der Waals surface area contributed by atoms with Gasteiger partial charge in [-0.2, -0.15) is 0 Å². The number of piperidine rings is 1. The van der Waals surface area contributed by atoms with E-state index < -0.39 is 5.67 Å². The van der Waals surface area contributed by atoms with Crippen LogP contribution in [0.5, 0.6) is 0 Å². The van der Waals surface area contributed by atoms with Crippen molar-refractivity contribution in [1.29, 1.82) is 0 Å². The summed E-state index contributed by atoms with van der Waals surface area (Å²) in [6, 6.07) is 6.34. The van der Waals surface area contributed by atoms with Gasteiger partial charge in [-0.25, -0.2) is 8.78 Å². The summed E-state index contributed by atoms with van der Waals surface area (Å²) in [5.74, 6) is -0.264. The minimum atomic E-state index is -1.11. The highest BCUT2D eigenvalue weighted by atomic mass is 19.1. The number of hydrogen-bond acceptors (Lipinski definition) is 1. The minimum absolute atomic E-state index is 0.0216. The normalized spacial score (nSPS) is 30.3. The number of benzene rings is 1. The van der Waals surface area contributed by atoms with Crippen LogP contribution in [0.25, 0.3) is 0 Å². The van der Waals surface area contributed by atoms with Gasteiger partial charge in [-0.3, -0.25) is 0 Å². The maximum absolute atomic E-state index is 14.2. The average Bonchev–Trinajstić information content (AvgIpc) is 2.24. The molecule has 1 N–H and O–H groups in total. The monoisotopic (exact) mass is 225 g/mol. The van der Waals surface area contributed by atoms with Crippen LogP contribution in [0.15, 0.2) is 24.3 Å². The molecule has 2 atom stereocenters. The van der Waals surface area contributed by atoms with Gasteiger partial charge < -0.3 is 5.32 Å². The first-order valence-electron chi connectivity index (χ1n) is 5.72. The number of halogens is 2. The molecule has 1 aliphatic rings. The molecule has 1 fully saturated rings. The Morgan fingerprint density at radius 1 is 1.38 bits per heavy atom. The quantitative estimate of drug-likeness (QED) is 0.816. The third kappa shape index (κ3) is 2.59. The van der Waals surface area contributed by atoms with Crippen LogP contribution >= 0.6 is 0 Å². The number of rotatable bonds is 2. The molecule has 2 rings (SSSR count). The molecule has 2 unspecified atom stereocenters. The molecule has 0 saturated carbocycles. The van der Waals surface area contributed by atoms with Crippen LogP contribution in [0.2, 0.25) is 0 Å². The molecule has 0 amide bonds. The van der Waals surface area contributed by atoms with E-state index in [0.29, 0.717) is 19.4 Å². The van der Waals surface area contributed by atoms with Crippen LogP contribution in [0, 0.1) is 11.7 Å². The fraction of sp³-hybridized carbons (Fsp3) is 0.538. The van der Waals surface area contributed by atoms with E-state index in [1.807, 2.05) is 0 Å². The molecule has 1 heterocycles. The Morgan fingerprint density at radius 2 is 2.06 bits per heavy atom. The lowest BCUT2D eigenvalue weighted by Gasteiger charge is -2.35. The van der Waals surface area contributed by atoms with Gasteiger partial charge >= 0.3 is 0 Å². The summed E-state index contributed by atoms with van der Waals surface area (Å²) in [7, 11) is 0. The Morgan fingerprint density at radius 3 is 2.69 bits per heavy atom. The molecule has 3 heteroatoms. The highest BCUT2D eigenvalue weighted by Crippen LogP contribution is 2.30. The highest BCUT2D eigenvalue weighted by Gasteiger charge is 2.36. The summed E-state index contributed by atoms with van der Waals surface area (Å²) in [4.78, 5) is 0. The van der Waals surface area contributed by atoms with E-state index in [0.717, 1.165) is 12.1 Å². The molecule has 0 radical (unpaired) electrons. The molecule has 0 spiro atoms. The number of alkyl halides is 1. The maximum atomic E-state index is 14.2. The van der Waals surface area contributed by atoms with Crippen molar-refractivity contribution in [3.05, 3.63) is 35.6 Å². The van der Waals surface area contributed by atoms with Crippen LogP contribution < -0.4 is 5.32 Å². The predicted molar refractivity (Wildman–Crippen MR) is 60.6 cm³/mol. The van der Waals surface area contributed by atoms with Crippen molar-refractivity contribution in [3.8, 4) is 0 Å². The van der Waals surface area contributed by atoms with Gasteiger partial charge in [0.05, 0.1) is 0 Å². The zero-order valence-corrected chi connectivity index (χ0v) is 9.47. The first-order valence-corrected chi connectivity index (χ1v) is 5.72. The first kappa shape index (κ1) is 11.5. The summed E-state index contributed by atoms with van der Waals surface area (Å²) in [5, 5.41) is 3.21. The molecule has 88 valence electrons. The standard InChI is InChI=1S/C13H17F2N/c1-13(15)6-7-16-9-11(13)8-10-2-4-12(14)5-3-10/h2-5,11,16H,6-9H2,1H3. The molecular weight excluding hydrogens is 208 g/mol. The fourth-order valence-corrected chi connectivity index (χ4v) is 2.22. The van der Waals surface area contributed by atoms with E-state index in [1.54, 1.807) is 19.1 Å². The minimum Gasteiger partial charge on any atom is -0.316 e. The largest absolute Gasteiger partial charge is 0.316 e. The lowest BCUT2D eigenvalue weighted by Crippen LogP contribution is -2.46. The summed E-state index contributed by atoms with van der Waals surface area (Å²) < 4.78 is 26.9. The van der Waals surface area contributed by atoms with Gasteiger partial charge in [0.2, 0.25) is 0 Å². The summed E-state index contributed by atoms with van der Waals surface area (Å²) in [6.07, 6.45) is 1.22. The molecule has 1 saturated heterocycles. The van der Waals surface area contributed by atoms with E-state index in [2.05, 4.69) is 5.32 Å². The van der Waals surface area contributed by atoms with Gasteiger partial charge in [0.25, 0.3) is 0 Å². The molecule has 0 aliphatic carbocycles. The van der Waals surface area contributed by atoms with Gasteiger partial charge in [-0.05, 0) is 44.0 Å². The number of hydrogen-bond donors (Lipinski definition) is 1. The van der Waals surface area contributed by atoms with Crippen LogP contribution in [0.4, 0.5) is 8.78 Å². The Labute approximate surface area is 94.9 Å². The average molecular weight is 225 g/mol. The summed E-state index contributed by atoms with van der Waals surface area (Å²) in [6.45, 7) is 3.11. The summed E-state index contributed by atoms with van der Waals surface area (Å²) >= 11 is 0. The van der Waals surface area contributed by atoms with E-state index in [1.165, 1.54) is 12.1 Å². The number of nitrogens with one attached hydrogen (secondary N) is 1. The third-order valence-corrected chi connectivity index (χ3v) is 3.43. The van der Waals surface area contributed by atoms with Crippen molar-refractivity contribution in [2.45, 2.75) is 25.4 Å². The smallest absolute Gasteiger partial charge is 0.123 e. The lowest BCUT2D eigenvalue weighted by atomic mass is 9.81. The van der Waals surface area contributed by atoms with Crippen molar-refractivity contribution in [2.75, 3.05) is 13.1 Å². The third-order valence-electron chi connectivity index (χ3n) is 3.43. The van der Waals surface area contributed by atoms with Crippen LogP contribution in [-0.4, -0.2) is 18.8 Å². The second kappa shape index (κ2) is 4.50. The van der Waals surface area contributed by atoms with Gasteiger partial charge in [-0.15, -0.1) is 0 Å². The zero-order chi connectivity index (χ0) is 11.6. The zero-order valence-electron chi connectivity index (χ0n) is 9.47. The van der Waals surface area contributed by atoms with Crippen molar-refractivity contribution < 1.29 is 8.78 Å². The maximum Gasteiger partial charge on any atom is 0.123 e. The van der Waals surface area contributed by atoms with Crippen molar-refractivity contribution in [2.24, 2.45) is 5.92 Å². The molecule has 0 bridgehead atoms. The second-order valence-electron chi connectivity index (χ2n) is 4.76. The Kier molecular flexibility index (Phi) is 3.24. The van der Waals surface area contributed by atoms with Gasteiger partial charge in [-0.1, -0.05) is 12.1 Å². The molecule has 1 aliphatic heterocycles. The second-order valence-corrected chi connectivity index (χ2v) is 4.76. The summed E-state index contributed by atoms with van der Waals surface area (Å²) in [5.41, 5.74) is -0.112. The molecule has 16 heavy (non-hydrogen) atoms. The molecule has 1 nitrogen and oxygen atoms in total. The van der Waals surface area contributed by atoms with Crippen LogP contribution in [0.1, 0.15) is 18.9 Å². The SMILES string of the molecule is CC1(F)CCNCC1Cc1ccc(F)cc1. The Hall–Kier alpha value is -0.960. The van der Waals surface area contributed by atoms with Crippen LogP contribution in [0.3, 0.4) is 0 Å². The first-order chi connectivity index (χ1) is 7.58. The lowest BCUT2D eigenvalue weighted by molar-refractivity contribution is 0.0676. The van der Waals surface area contributed by atoms with Crippen LogP contribution in [-0.2, 0) is 6.42 Å². The van der Waals surface area contributed by atoms with Gasteiger partial charge in [0.1, 0.15) is 11.5 Å². The van der Waals surface area contributed by atoms with Gasteiger partial charge in [0, 0.05) is 12.5 Å². The van der Waals surface area contributed by atoms with Crippen molar-refractivity contribution in [1.82, 2.24) is 5.32 Å². The molecule has 1 aromatic rings. The highest BCUT2D eigenvalue weighted by molar-refractivity contribution is 5.17. The molecule has 1 aromatic carbocycles. The predicted octanol–water partition coefficient (Wildman–Crippen LogP) is 2.71. The van der Waals surface area contributed by atoms with E-state index in [4.69, 9.17) is 0 Å². The Bertz CT molecular complexity index is 345. The van der Waals surface area contributed by atoms with Crippen molar-refractivity contribution >= 4 is 0 Å².